The van der Waals surface area contributed by atoms with Crippen molar-refractivity contribution < 1.29 is 23.1 Å². The van der Waals surface area contributed by atoms with E-state index in [0.29, 0.717) is 68.6 Å². The van der Waals surface area contributed by atoms with Crippen molar-refractivity contribution in [1.29, 1.82) is 5.26 Å². The van der Waals surface area contributed by atoms with Gasteiger partial charge in [0.05, 0.1) is 42.7 Å². The van der Waals surface area contributed by atoms with Gasteiger partial charge >= 0.3 is 0 Å². The molecule has 2 saturated heterocycles. The molecule has 0 radical (unpaired) electrons. The van der Waals surface area contributed by atoms with Crippen LogP contribution in [0.2, 0.25) is 0 Å². The Bertz CT molecular complexity index is 1560. The zero-order valence-corrected chi connectivity index (χ0v) is 25.8. The Kier molecular flexibility index (Phi) is 8.59. The lowest BCUT2D eigenvalue weighted by Crippen LogP contribution is -2.55. The Labute approximate surface area is 261 Å². The summed E-state index contributed by atoms with van der Waals surface area (Å²) in [6.07, 6.45) is 4.61. The van der Waals surface area contributed by atoms with Gasteiger partial charge in [-0.15, -0.1) is 0 Å². The summed E-state index contributed by atoms with van der Waals surface area (Å²) in [4.78, 5) is 43.8. The number of likely N-dealkylation sites (tertiary alicyclic amines) is 1. The largest absolute Gasteiger partial charge is 0.476 e. The maximum atomic E-state index is 14.8. The normalized spacial score (nSPS) is 21.8. The lowest BCUT2D eigenvalue weighted by atomic mass is 9.98. The fraction of sp³-hybridized carbons (Fsp3) is 0.531. The smallest absolute Gasteiger partial charge is 0.282 e. The van der Waals surface area contributed by atoms with Gasteiger partial charge in [-0.25, -0.2) is 18.7 Å². The highest BCUT2D eigenvalue weighted by atomic mass is 19.1. The molecule has 6 rings (SSSR count). The molecule has 2 fully saturated rings. The Hall–Kier alpha value is -4.31. The molecular weight excluding hydrogens is 582 g/mol. The molecule has 6 heterocycles. The first-order chi connectivity index (χ1) is 21.7. The van der Waals surface area contributed by atoms with E-state index in [1.165, 1.54) is 16.0 Å². The van der Waals surface area contributed by atoms with Crippen LogP contribution in [0, 0.1) is 17.1 Å². The number of nitrogens with zero attached hydrogens (tertiary/aromatic N) is 8. The number of carbonyl (C=O) groups is 2. The number of carbonyl (C=O) groups excluding carboxylic acids is 2. The molecule has 238 valence electrons. The number of hydrogen-bond acceptors (Lipinski definition) is 9. The molecule has 0 aliphatic carbocycles. The lowest BCUT2D eigenvalue weighted by Gasteiger charge is -2.43. The molecule has 45 heavy (non-hydrogen) atoms. The number of fused-ring (bicyclic) bond motifs is 2. The number of piperazine rings is 1. The predicted molar refractivity (Wildman–Crippen MR) is 164 cm³/mol. The summed E-state index contributed by atoms with van der Waals surface area (Å²) in [5.74, 6) is -1.31. The minimum absolute atomic E-state index is 0.0571. The highest BCUT2D eigenvalue weighted by Crippen LogP contribution is 2.40. The second-order valence-electron chi connectivity index (χ2n) is 12.2. The highest BCUT2D eigenvalue weighted by molar-refractivity contribution is 5.99. The van der Waals surface area contributed by atoms with Crippen molar-refractivity contribution in [2.24, 2.45) is 0 Å². The molecule has 0 N–H and O–H groups in total. The molecule has 2 amide bonds. The van der Waals surface area contributed by atoms with Crippen molar-refractivity contribution in [2.75, 3.05) is 68.1 Å². The van der Waals surface area contributed by atoms with Crippen LogP contribution in [-0.4, -0.2) is 97.1 Å². The third-order valence-corrected chi connectivity index (χ3v) is 9.56. The Morgan fingerprint density at radius 3 is 2.69 bits per heavy atom. The molecule has 0 saturated carbocycles. The first-order valence-corrected chi connectivity index (χ1v) is 15.5. The number of rotatable bonds is 7. The third kappa shape index (κ3) is 5.91. The van der Waals surface area contributed by atoms with E-state index in [1.54, 1.807) is 7.05 Å². The number of amides is 2. The van der Waals surface area contributed by atoms with Crippen LogP contribution >= 0.6 is 0 Å². The van der Waals surface area contributed by atoms with Crippen LogP contribution in [-0.2, 0) is 29.0 Å². The first kappa shape index (κ1) is 30.7. The fourth-order valence-corrected chi connectivity index (χ4v) is 7.03. The Morgan fingerprint density at radius 1 is 1.13 bits per heavy atom. The van der Waals surface area contributed by atoms with Crippen LogP contribution in [0.1, 0.15) is 42.5 Å². The summed E-state index contributed by atoms with van der Waals surface area (Å²) < 4.78 is 34.9. The van der Waals surface area contributed by atoms with Crippen LogP contribution in [0.25, 0.3) is 0 Å². The van der Waals surface area contributed by atoms with Crippen molar-refractivity contribution in [3.63, 3.8) is 0 Å². The van der Waals surface area contributed by atoms with Crippen LogP contribution in [0.4, 0.5) is 26.0 Å². The number of hydrogen-bond donors (Lipinski definition) is 0. The van der Waals surface area contributed by atoms with Crippen molar-refractivity contribution in [2.45, 2.75) is 57.2 Å². The average Bonchev–Trinajstić information content (AvgIpc) is 3.45. The number of aromatic nitrogens is 2. The van der Waals surface area contributed by atoms with Gasteiger partial charge in [0.2, 0.25) is 11.8 Å². The molecule has 2 atom stereocenters. The van der Waals surface area contributed by atoms with Crippen LogP contribution in [0.3, 0.4) is 0 Å². The van der Waals surface area contributed by atoms with Gasteiger partial charge in [-0.2, -0.15) is 5.26 Å². The molecule has 13 heteroatoms. The number of likely N-dealkylation sites (N-methyl/N-ethyl adjacent to an activating group) is 1. The molecule has 0 unspecified atom stereocenters. The van der Waals surface area contributed by atoms with Crippen molar-refractivity contribution in [3.8, 4) is 11.9 Å². The number of anilines is 3. The molecule has 11 nitrogen and oxygen atoms in total. The Morgan fingerprint density at radius 2 is 1.96 bits per heavy atom. The van der Waals surface area contributed by atoms with E-state index in [-0.39, 0.29) is 31.3 Å². The molecule has 0 bridgehead atoms. The highest BCUT2D eigenvalue weighted by Gasteiger charge is 2.36. The van der Waals surface area contributed by atoms with Crippen LogP contribution in [0.5, 0.6) is 5.88 Å². The van der Waals surface area contributed by atoms with Crippen molar-refractivity contribution in [1.82, 2.24) is 19.8 Å². The lowest BCUT2D eigenvalue weighted by molar-refractivity contribution is -0.131. The molecular formula is C32H38F2N8O3. The number of nitriles is 1. The summed E-state index contributed by atoms with van der Waals surface area (Å²) in [6.45, 7) is 6.63. The fourth-order valence-electron chi connectivity index (χ4n) is 7.03. The third-order valence-electron chi connectivity index (χ3n) is 9.56. The van der Waals surface area contributed by atoms with E-state index in [1.807, 2.05) is 11.0 Å². The van der Waals surface area contributed by atoms with Gasteiger partial charge in [-0.1, -0.05) is 6.58 Å². The van der Waals surface area contributed by atoms with Crippen molar-refractivity contribution >= 4 is 29.0 Å². The summed E-state index contributed by atoms with van der Waals surface area (Å²) in [6, 6.07) is 3.85. The molecule has 2 aromatic rings. The molecule has 4 aliphatic rings. The van der Waals surface area contributed by atoms with E-state index < -0.39 is 23.6 Å². The number of halogens is 2. The molecule has 0 aromatic carbocycles. The van der Waals surface area contributed by atoms with Gasteiger partial charge < -0.3 is 29.2 Å². The molecule has 2 aromatic heterocycles. The quantitative estimate of drug-likeness (QED) is 0.432. The number of ether oxygens (including phenoxy) is 1. The maximum Gasteiger partial charge on any atom is 0.282 e. The summed E-state index contributed by atoms with van der Waals surface area (Å²) in [7, 11) is 3.75. The topological polar surface area (TPSA) is 109 Å². The second-order valence-corrected chi connectivity index (χ2v) is 12.2. The van der Waals surface area contributed by atoms with E-state index >= 15 is 0 Å². The van der Waals surface area contributed by atoms with E-state index in [2.05, 4.69) is 34.5 Å². The van der Waals surface area contributed by atoms with Crippen LogP contribution in [0.15, 0.2) is 24.7 Å². The van der Waals surface area contributed by atoms with Gasteiger partial charge in [0, 0.05) is 68.6 Å². The average molecular weight is 621 g/mol. The molecule has 4 aliphatic heterocycles. The standard InChI is InChI=1S/C32H38F2N8O3/c1-20(33)32(44)42-14-13-40(17-21(42)8-10-35)27-15-28(45-19-22-5-4-11-38(22)2)37-26-18-41(12-9-24(26)27)31-30-23(25(34)16-36-31)6-7-29(43)39(30)3/h15-16,21-22H,1,4-9,11-14,17-19H2,2-3H3/t21-,22-/m0/s1. The Balaban J connectivity index is 1.34. The first-order valence-electron chi connectivity index (χ1n) is 15.5. The number of pyridine rings is 2. The van der Waals surface area contributed by atoms with Crippen molar-refractivity contribution in [3.05, 3.63) is 47.3 Å². The van der Waals surface area contributed by atoms with Gasteiger partial charge in [-0.3, -0.25) is 9.59 Å². The van der Waals surface area contributed by atoms with E-state index in [0.717, 1.165) is 36.3 Å². The second kappa shape index (κ2) is 12.6. The predicted octanol–water partition coefficient (Wildman–Crippen LogP) is 2.97. The van der Waals surface area contributed by atoms with E-state index in [4.69, 9.17) is 9.72 Å². The molecule has 0 spiro atoms. The zero-order chi connectivity index (χ0) is 31.8. The van der Waals surface area contributed by atoms with Gasteiger partial charge in [-0.05, 0) is 39.3 Å². The zero-order valence-electron chi connectivity index (χ0n) is 25.8. The maximum absolute atomic E-state index is 14.8. The summed E-state index contributed by atoms with van der Waals surface area (Å²) >= 11 is 0. The van der Waals surface area contributed by atoms with Gasteiger partial charge in [0.1, 0.15) is 12.4 Å². The van der Waals surface area contributed by atoms with Crippen LogP contribution < -0.4 is 19.4 Å². The van der Waals surface area contributed by atoms with Gasteiger partial charge in [0.15, 0.2) is 11.6 Å². The minimum Gasteiger partial charge on any atom is -0.476 e. The van der Waals surface area contributed by atoms with E-state index in [9.17, 15) is 23.6 Å². The monoisotopic (exact) mass is 620 g/mol. The summed E-state index contributed by atoms with van der Waals surface area (Å²) in [5.41, 5.74) is 3.70. The SMILES string of the molecule is C=C(F)C(=O)N1CCN(c2cc(OC[C@@H]3CCCN3C)nc3c2CCN(c2ncc(F)c4c2N(C)C(=O)CC4)C3)C[C@@H]1CC#N. The summed E-state index contributed by atoms with van der Waals surface area (Å²) in [5, 5.41) is 9.50. The minimum atomic E-state index is -1.04. The van der Waals surface area contributed by atoms with Gasteiger partial charge in [0.25, 0.3) is 5.91 Å².